The Balaban J connectivity index is 2.05. The molecule has 0 aliphatic rings. The van der Waals surface area contributed by atoms with Crippen LogP contribution in [0, 0.1) is 6.92 Å². The first-order valence-electron chi connectivity index (χ1n) is 5.59. The SMILES string of the molecule is Cc1nn(C(=O)c2ccc3[nH]ccc3c2)cc1N. The van der Waals surface area contributed by atoms with E-state index in [0.29, 0.717) is 16.9 Å². The van der Waals surface area contributed by atoms with Gasteiger partial charge < -0.3 is 10.7 Å². The van der Waals surface area contributed by atoms with Crippen molar-refractivity contribution in [3.8, 4) is 0 Å². The van der Waals surface area contributed by atoms with E-state index in [1.165, 1.54) is 4.68 Å². The molecule has 90 valence electrons. The molecular formula is C13H12N4O. The molecule has 2 heterocycles. The van der Waals surface area contributed by atoms with Crippen molar-refractivity contribution >= 4 is 22.5 Å². The van der Waals surface area contributed by atoms with Crippen LogP contribution in [0.25, 0.3) is 10.9 Å². The monoisotopic (exact) mass is 240 g/mol. The van der Waals surface area contributed by atoms with Crippen molar-refractivity contribution in [2.75, 3.05) is 5.73 Å². The van der Waals surface area contributed by atoms with Gasteiger partial charge in [0.05, 0.1) is 17.6 Å². The third-order valence-corrected chi connectivity index (χ3v) is 2.95. The van der Waals surface area contributed by atoms with Gasteiger partial charge >= 0.3 is 0 Å². The van der Waals surface area contributed by atoms with Crippen molar-refractivity contribution in [3.05, 3.63) is 47.9 Å². The highest BCUT2D eigenvalue weighted by Gasteiger charge is 2.12. The van der Waals surface area contributed by atoms with Gasteiger partial charge in [-0.1, -0.05) is 0 Å². The van der Waals surface area contributed by atoms with E-state index in [-0.39, 0.29) is 5.91 Å². The van der Waals surface area contributed by atoms with Gasteiger partial charge in [0.15, 0.2) is 0 Å². The minimum Gasteiger partial charge on any atom is -0.396 e. The highest BCUT2D eigenvalue weighted by atomic mass is 16.2. The van der Waals surface area contributed by atoms with E-state index in [2.05, 4.69) is 10.1 Å². The normalized spacial score (nSPS) is 10.9. The number of anilines is 1. The highest BCUT2D eigenvalue weighted by molar-refractivity contribution is 5.99. The molecule has 5 heteroatoms. The van der Waals surface area contributed by atoms with Crippen LogP contribution in [0.2, 0.25) is 0 Å². The maximum atomic E-state index is 12.2. The number of carbonyl (C=O) groups excluding carboxylic acids is 1. The molecule has 0 bridgehead atoms. The number of nitrogens with zero attached hydrogens (tertiary/aromatic N) is 2. The summed E-state index contributed by atoms with van der Waals surface area (Å²) in [6.45, 7) is 1.77. The number of benzene rings is 1. The first-order valence-corrected chi connectivity index (χ1v) is 5.59. The lowest BCUT2D eigenvalue weighted by Gasteiger charge is -2.00. The Kier molecular flexibility index (Phi) is 2.19. The number of fused-ring (bicyclic) bond motifs is 1. The van der Waals surface area contributed by atoms with Gasteiger partial charge in [0.2, 0.25) is 0 Å². The number of nitrogens with one attached hydrogen (secondary N) is 1. The van der Waals surface area contributed by atoms with Crippen molar-refractivity contribution in [2.24, 2.45) is 0 Å². The first-order chi connectivity index (χ1) is 8.65. The van der Waals surface area contributed by atoms with Gasteiger partial charge in [0.25, 0.3) is 5.91 Å². The second kappa shape index (κ2) is 3.73. The predicted molar refractivity (Wildman–Crippen MR) is 69.4 cm³/mol. The van der Waals surface area contributed by atoms with Crippen LogP contribution in [-0.2, 0) is 0 Å². The summed E-state index contributed by atoms with van der Waals surface area (Å²) in [6, 6.07) is 7.41. The molecule has 2 aromatic heterocycles. The Morgan fingerprint density at radius 2 is 2.22 bits per heavy atom. The molecule has 0 atom stereocenters. The zero-order chi connectivity index (χ0) is 12.7. The second-order valence-corrected chi connectivity index (χ2v) is 4.20. The third-order valence-electron chi connectivity index (χ3n) is 2.95. The Bertz CT molecular complexity index is 719. The zero-order valence-corrected chi connectivity index (χ0v) is 9.84. The smallest absolute Gasteiger partial charge is 0.278 e. The number of aromatic amines is 1. The summed E-state index contributed by atoms with van der Waals surface area (Å²) in [6.07, 6.45) is 3.38. The van der Waals surface area contributed by atoms with E-state index >= 15 is 0 Å². The largest absolute Gasteiger partial charge is 0.396 e. The van der Waals surface area contributed by atoms with Crippen LogP contribution in [0.5, 0.6) is 0 Å². The van der Waals surface area contributed by atoms with Gasteiger partial charge in [-0.05, 0) is 31.2 Å². The topological polar surface area (TPSA) is 76.7 Å². The molecule has 3 aromatic rings. The van der Waals surface area contributed by atoms with Gasteiger partial charge in [-0.2, -0.15) is 5.10 Å². The molecule has 0 radical (unpaired) electrons. The molecule has 5 nitrogen and oxygen atoms in total. The Labute approximate surface area is 103 Å². The van der Waals surface area contributed by atoms with Crippen molar-refractivity contribution in [1.29, 1.82) is 0 Å². The Morgan fingerprint density at radius 3 is 2.94 bits per heavy atom. The summed E-state index contributed by atoms with van der Waals surface area (Å²) in [7, 11) is 0. The number of aryl methyl sites for hydroxylation is 1. The van der Waals surface area contributed by atoms with Gasteiger partial charge in [-0.25, -0.2) is 4.68 Å². The van der Waals surface area contributed by atoms with E-state index in [4.69, 9.17) is 5.73 Å². The molecule has 0 fully saturated rings. The number of hydrogen-bond acceptors (Lipinski definition) is 3. The maximum absolute atomic E-state index is 12.2. The fourth-order valence-electron chi connectivity index (χ4n) is 1.90. The van der Waals surface area contributed by atoms with Gasteiger partial charge in [0, 0.05) is 22.7 Å². The van der Waals surface area contributed by atoms with Crippen LogP contribution in [-0.4, -0.2) is 20.7 Å². The average Bonchev–Trinajstić information content (AvgIpc) is 2.95. The lowest BCUT2D eigenvalue weighted by molar-refractivity contribution is 0.0945. The minimum absolute atomic E-state index is 0.182. The number of carbonyl (C=O) groups is 1. The van der Waals surface area contributed by atoms with Crippen molar-refractivity contribution < 1.29 is 4.79 Å². The van der Waals surface area contributed by atoms with Crippen molar-refractivity contribution in [2.45, 2.75) is 6.92 Å². The Hall–Kier alpha value is -2.56. The molecule has 0 spiro atoms. The molecule has 0 aliphatic carbocycles. The van der Waals surface area contributed by atoms with Gasteiger partial charge in [0.1, 0.15) is 0 Å². The molecule has 18 heavy (non-hydrogen) atoms. The molecule has 3 rings (SSSR count). The van der Waals surface area contributed by atoms with E-state index in [1.54, 1.807) is 19.2 Å². The van der Waals surface area contributed by atoms with Crippen LogP contribution in [0.3, 0.4) is 0 Å². The van der Waals surface area contributed by atoms with Crippen molar-refractivity contribution in [1.82, 2.24) is 14.8 Å². The fraction of sp³-hybridized carbons (Fsp3) is 0.0769. The van der Waals surface area contributed by atoms with Crippen LogP contribution < -0.4 is 5.73 Å². The number of H-pyrrole nitrogens is 1. The summed E-state index contributed by atoms with van der Waals surface area (Å²) in [5.41, 5.74) is 8.46. The number of aromatic nitrogens is 3. The third kappa shape index (κ3) is 1.57. The van der Waals surface area contributed by atoms with Gasteiger partial charge in [-0.3, -0.25) is 4.79 Å². The summed E-state index contributed by atoms with van der Waals surface area (Å²) in [4.78, 5) is 15.3. The number of nitrogens with two attached hydrogens (primary N) is 1. The lowest BCUT2D eigenvalue weighted by atomic mass is 10.1. The van der Waals surface area contributed by atoms with E-state index < -0.39 is 0 Å². The van der Waals surface area contributed by atoms with E-state index in [0.717, 1.165) is 10.9 Å². The van der Waals surface area contributed by atoms with Crippen LogP contribution in [0.15, 0.2) is 36.7 Å². The maximum Gasteiger partial charge on any atom is 0.278 e. The second-order valence-electron chi connectivity index (χ2n) is 4.20. The van der Waals surface area contributed by atoms with E-state index in [9.17, 15) is 4.79 Å². The minimum atomic E-state index is -0.182. The lowest BCUT2D eigenvalue weighted by Crippen LogP contribution is -2.12. The molecule has 0 aliphatic heterocycles. The van der Waals surface area contributed by atoms with Crippen LogP contribution in [0.4, 0.5) is 5.69 Å². The zero-order valence-electron chi connectivity index (χ0n) is 9.84. The molecule has 0 unspecified atom stereocenters. The summed E-state index contributed by atoms with van der Waals surface area (Å²) in [5.74, 6) is -0.182. The number of nitrogen functional groups attached to an aromatic ring is 1. The molecule has 1 aromatic carbocycles. The van der Waals surface area contributed by atoms with Gasteiger partial charge in [-0.15, -0.1) is 0 Å². The highest BCUT2D eigenvalue weighted by Crippen LogP contribution is 2.16. The fourth-order valence-corrected chi connectivity index (χ4v) is 1.90. The summed E-state index contributed by atoms with van der Waals surface area (Å²) < 4.78 is 1.28. The standard InChI is InChI=1S/C13H12N4O/c1-8-11(14)7-17(16-8)13(18)10-2-3-12-9(6-10)4-5-15-12/h2-7,15H,14H2,1H3. The molecule has 0 amide bonds. The Morgan fingerprint density at radius 1 is 1.39 bits per heavy atom. The predicted octanol–water partition coefficient (Wildman–Crippen LogP) is 1.94. The quantitative estimate of drug-likeness (QED) is 0.682. The molecule has 0 saturated carbocycles. The van der Waals surface area contributed by atoms with Crippen LogP contribution in [0.1, 0.15) is 16.1 Å². The first kappa shape index (κ1) is 10.6. The van der Waals surface area contributed by atoms with Crippen LogP contribution >= 0.6 is 0 Å². The summed E-state index contributed by atoms with van der Waals surface area (Å²) in [5, 5.41) is 5.09. The molecule has 3 N–H and O–H groups in total. The summed E-state index contributed by atoms with van der Waals surface area (Å²) >= 11 is 0. The molecule has 0 saturated heterocycles. The molecular weight excluding hydrogens is 228 g/mol. The van der Waals surface area contributed by atoms with E-state index in [1.807, 2.05) is 24.4 Å². The number of rotatable bonds is 1. The number of hydrogen-bond donors (Lipinski definition) is 2. The van der Waals surface area contributed by atoms with Crippen molar-refractivity contribution in [3.63, 3.8) is 0 Å². The average molecular weight is 240 g/mol.